The first-order valence-corrected chi connectivity index (χ1v) is 8.45. The summed E-state index contributed by atoms with van der Waals surface area (Å²) in [5.74, 6) is 0.813. The highest BCUT2D eigenvalue weighted by molar-refractivity contribution is 6.32. The van der Waals surface area contributed by atoms with Gasteiger partial charge in [0.1, 0.15) is 11.9 Å². The highest BCUT2D eigenvalue weighted by Crippen LogP contribution is 2.38. The largest absolute Gasteiger partial charge is 0.487 e. The molecule has 1 saturated carbocycles. The number of benzene rings is 1. The fourth-order valence-corrected chi connectivity index (χ4v) is 3.35. The lowest BCUT2D eigenvalue weighted by Gasteiger charge is -2.41. The predicted octanol–water partition coefficient (Wildman–Crippen LogP) is 4.97. The Morgan fingerprint density at radius 1 is 1.38 bits per heavy atom. The molecule has 0 saturated heterocycles. The van der Waals surface area contributed by atoms with Gasteiger partial charge in [0, 0.05) is 6.04 Å². The first-order valence-electron chi connectivity index (χ1n) is 8.07. The normalized spacial score (nSPS) is 24.8. The van der Waals surface area contributed by atoms with Crippen LogP contribution in [0.5, 0.6) is 5.75 Å². The average Bonchev–Trinajstić information content (AvgIpc) is 2.40. The van der Waals surface area contributed by atoms with Crippen molar-refractivity contribution >= 4 is 11.6 Å². The Balaban J connectivity index is 2.11. The summed E-state index contributed by atoms with van der Waals surface area (Å²) in [5, 5.41) is 4.36. The Labute approximate surface area is 134 Å². The molecule has 1 aromatic carbocycles. The summed E-state index contributed by atoms with van der Waals surface area (Å²) in [6.07, 6.45) is 4.83. The van der Waals surface area contributed by atoms with Crippen LogP contribution < -0.4 is 10.1 Å². The number of ether oxygens (including phenoxy) is 1. The van der Waals surface area contributed by atoms with Gasteiger partial charge in [-0.15, -0.1) is 0 Å². The summed E-state index contributed by atoms with van der Waals surface area (Å²) in [6, 6.07) is 6.45. The molecule has 21 heavy (non-hydrogen) atoms. The number of nitrogens with one attached hydrogen (secondary N) is 1. The second-order valence-electron chi connectivity index (χ2n) is 7.06. The van der Waals surface area contributed by atoms with Crippen molar-refractivity contribution in [1.29, 1.82) is 0 Å². The Morgan fingerprint density at radius 3 is 2.81 bits per heavy atom. The van der Waals surface area contributed by atoms with Gasteiger partial charge in [-0.25, -0.2) is 0 Å². The molecule has 1 aromatic rings. The summed E-state index contributed by atoms with van der Waals surface area (Å²) in [7, 11) is 0. The lowest BCUT2D eigenvalue weighted by atomic mass is 9.74. The van der Waals surface area contributed by atoms with E-state index in [1.807, 2.05) is 19.1 Å². The van der Waals surface area contributed by atoms with E-state index < -0.39 is 0 Å². The molecule has 2 unspecified atom stereocenters. The van der Waals surface area contributed by atoms with Gasteiger partial charge in [0.15, 0.2) is 0 Å². The lowest BCUT2D eigenvalue weighted by Crippen LogP contribution is -2.49. The summed E-state index contributed by atoms with van der Waals surface area (Å²) < 4.78 is 6.29. The minimum absolute atomic E-state index is 0.195. The molecule has 0 radical (unpaired) electrons. The first-order chi connectivity index (χ1) is 9.91. The summed E-state index contributed by atoms with van der Waals surface area (Å²) in [6.45, 7) is 9.95. The number of halogens is 1. The molecule has 1 aliphatic carbocycles. The summed E-state index contributed by atoms with van der Waals surface area (Å²) in [4.78, 5) is 0. The van der Waals surface area contributed by atoms with Crippen molar-refractivity contribution < 1.29 is 4.74 Å². The molecule has 0 spiro atoms. The van der Waals surface area contributed by atoms with E-state index in [2.05, 4.69) is 32.2 Å². The van der Waals surface area contributed by atoms with Gasteiger partial charge >= 0.3 is 0 Å². The molecule has 2 nitrogen and oxygen atoms in total. The maximum atomic E-state index is 6.33. The number of hydrogen-bond donors (Lipinski definition) is 1. The number of aryl methyl sites for hydroxylation is 1. The highest BCUT2D eigenvalue weighted by Gasteiger charge is 2.36. The minimum Gasteiger partial charge on any atom is -0.487 e. The van der Waals surface area contributed by atoms with Gasteiger partial charge in [-0.3, -0.25) is 0 Å². The van der Waals surface area contributed by atoms with E-state index in [1.54, 1.807) is 0 Å². The summed E-state index contributed by atoms with van der Waals surface area (Å²) in [5.41, 5.74) is 1.50. The minimum atomic E-state index is 0.195. The van der Waals surface area contributed by atoms with Crippen molar-refractivity contribution in [3.63, 3.8) is 0 Å². The van der Waals surface area contributed by atoms with Crippen LogP contribution in [0, 0.1) is 12.3 Å². The van der Waals surface area contributed by atoms with E-state index in [0.29, 0.717) is 16.5 Å². The summed E-state index contributed by atoms with van der Waals surface area (Å²) >= 11 is 6.33. The van der Waals surface area contributed by atoms with Crippen molar-refractivity contribution in [2.24, 2.45) is 5.41 Å². The van der Waals surface area contributed by atoms with Crippen LogP contribution in [-0.2, 0) is 0 Å². The Bertz CT molecular complexity index is 472. The molecule has 0 amide bonds. The van der Waals surface area contributed by atoms with Crippen molar-refractivity contribution in [3.05, 3.63) is 28.8 Å². The first kappa shape index (κ1) is 16.6. The SMILES string of the molecule is CCCNC1CCC(C)(C)CC1Oc1ccc(C)cc1Cl. The third-order valence-corrected chi connectivity index (χ3v) is 4.65. The second-order valence-corrected chi connectivity index (χ2v) is 7.47. The molecule has 2 rings (SSSR count). The van der Waals surface area contributed by atoms with Gasteiger partial charge in [0.05, 0.1) is 5.02 Å². The van der Waals surface area contributed by atoms with Crippen molar-refractivity contribution in [3.8, 4) is 5.75 Å². The third kappa shape index (κ3) is 4.62. The molecular weight excluding hydrogens is 282 g/mol. The predicted molar refractivity (Wildman–Crippen MR) is 90.3 cm³/mol. The van der Waals surface area contributed by atoms with Crippen LogP contribution >= 0.6 is 11.6 Å². The maximum Gasteiger partial charge on any atom is 0.138 e. The van der Waals surface area contributed by atoms with Gasteiger partial charge in [0.25, 0.3) is 0 Å². The van der Waals surface area contributed by atoms with E-state index in [1.165, 1.54) is 12.8 Å². The standard InChI is InChI=1S/C18H28ClNO/c1-5-10-20-15-8-9-18(3,4)12-17(15)21-16-7-6-13(2)11-14(16)19/h6-7,11,15,17,20H,5,8-10,12H2,1-4H3. The maximum absolute atomic E-state index is 6.33. The molecule has 1 aliphatic rings. The fraction of sp³-hybridized carbons (Fsp3) is 0.667. The van der Waals surface area contributed by atoms with Crippen LogP contribution in [0.2, 0.25) is 5.02 Å². The molecule has 0 aromatic heterocycles. The van der Waals surface area contributed by atoms with Crippen LogP contribution in [0.15, 0.2) is 18.2 Å². The number of hydrogen-bond acceptors (Lipinski definition) is 2. The molecule has 1 fully saturated rings. The zero-order chi connectivity index (χ0) is 15.5. The Hall–Kier alpha value is -0.730. The molecule has 118 valence electrons. The average molecular weight is 310 g/mol. The molecule has 1 N–H and O–H groups in total. The van der Waals surface area contributed by atoms with E-state index in [9.17, 15) is 0 Å². The van der Waals surface area contributed by atoms with E-state index in [0.717, 1.165) is 30.7 Å². The van der Waals surface area contributed by atoms with Crippen LogP contribution in [-0.4, -0.2) is 18.7 Å². The van der Waals surface area contributed by atoms with Crippen molar-refractivity contribution in [2.75, 3.05) is 6.54 Å². The smallest absolute Gasteiger partial charge is 0.138 e. The van der Waals surface area contributed by atoms with Crippen LogP contribution in [0.25, 0.3) is 0 Å². The monoisotopic (exact) mass is 309 g/mol. The third-order valence-electron chi connectivity index (χ3n) is 4.36. The second kappa shape index (κ2) is 7.02. The zero-order valence-corrected chi connectivity index (χ0v) is 14.5. The Morgan fingerprint density at radius 2 is 2.14 bits per heavy atom. The molecule has 3 heteroatoms. The van der Waals surface area contributed by atoms with Crippen LogP contribution in [0.1, 0.15) is 52.0 Å². The quantitative estimate of drug-likeness (QED) is 0.828. The fourth-order valence-electron chi connectivity index (χ4n) is 3.07. The molecule has 2 atom stereocenters. The van der Waals surface area contributed by atoms with Crippen molar-refractivity contribution in [1.82, 2.24) is 5.32 Å². The molecule has 0 aliphatic heterocycles. The van der Waals surface area contributed by atoms with E-state index in [-0.39, 0.29) is 6.10 Å². The highest BCUT2D eigenvalue weighted by atomic mass is 35.5. The van der Waals surface area contributed by atoms with Crippen LogP contribution in [0.3, 0.4) is 0 Å². The van der Waals surface area contributed by atoms with Gasteiger partial charge in [-0.2, -0.15) is 0 Å². The van der Waals surface area contributed by atoms with Gasteiger partial charge in [-0.1, -0.05) is 38.4 Å². The molecular formula is C18H28ClNO. The Kier molecular flexibility index (Phi) is 5.56. The van der Waals surface area contributed by atoms with Crippen LogP contribution in [0.4, 0.5) is 0 Å². The van der Waals surface area contributed by atoms with Gasteiger partial charge in [-0.05, 0) is 62.3 Å². The van der Waals surface area contributed by atoms with E-state index in [4.69, 9.17) is 16.3 Å². The van der Waals surface area contributed by atoms with Crippen molar-refractivity contribution in [2.45, 2.75) is 65.5 Å². The van der Waals surface area contributed by atoms with Gasteiger partial charge < -0.3 is 10.1 Å². The number of rotatable bonds is 5. The molecule has 0 heterocycles. The molecule has 0 bridgehead atoms. The van der Waals surface area contributed by atoms with Gasteiger partial charge in [0.2, 0.25) is 0 Å². The zero-order valence-electron chi connectivity index (χ0n) is 13.7. The van der Waals surface area contributed by atoms with E-state index >= 15 is 0 Å². The topological polar surface area (TPSA) is 21.3 Å². The lowest BCUT2D eigenvalue weighted by molar-refractivity contribution is 0.0532.